The van der Waals surface area contributed by atoms with Crippen molar-refractivity contribution in [1.82, 2.24) is 5.32 Å². The predicted octanol–water partition coefficient (Wildman–Crippen LogP) is 2.44. The van der Waals surface area contributed by atoms with Gasteiger partial charge in [-0.15, -0.1) is 0 Å². The lowest BCUT2D eigenvalue weighted by Gasteiger charge is -2.21. The molecule has 0 aliphatic rings. The summed E-state index contributed by atoms with van der Waals surface area (Å²) in [6, 6.07) is -0.999. The van der Waals surface area contributed by atoms with Crippen molar-refractivity contribution in [1.29, 1.82) is 0 Å². The van der Waals surface area contributed by atoms with Crippen LogP contribution in [-0.2, 0) is 9.53 Å². The molecule has 0 unspecified atom stereocenters. The highest BCUT2D eigenvalue weighted by molar-refractivity contribution is 5.79. The first-order chi connectivity index (χ1) is 8.76. The van der Waals surface area contributed by atoms with Crippen molar-refractivity contribution in [3.63, 3.8) is 0 Å². The van der Waals surface area contributed by atoms with Crippen molar-refractivity contribution < 1.29 is 19.4 Å². The largest absolute Gasteiger partial charge is 0.480 e. The molecule has 0 saturated heterocycles. The van der Waals surface area contributed by atoms with Crippen molar-refractivity contribution in [3.05, 3.63) is 10.4 Å². The number of carbonyl (C=O) groups excluding carboxylic acids is 1. The fraction of sp³-hybridized carbons (Fsp3) is 0.818. The molecule has 0 fully saturated rings. The third kappa shape index (κ3) is 9.72. The Hall–Kier alpha value is -1.95. The van der Waals surface area contributed by atoms with Crippen LogP contribution in [0.4, 0.5) is 4.79 Å². The standard InChI is InChI=1S/C11H20N4O4/c1-11(2,3)19-10(18)14-8(9(16)17)6-4-5-7-13-15-12/h8H,4-7H2,1-3H3,(H,14,18)(H,16,17)/t8-/m1/s1. The van der Waals surface area contributed by atoms with Crippen LogP contribution in [0.2, 0.25) is 0 Å². The number of rotatable bonds is 7. The van der Waals surface area contributed by atoms with Crippen LogP contribution in [0.15, 0.2) is 5.11 Å². The van der Waals surface area contributed by atoms with Gasteiger partial charge >= 0.3 is 12.1 Å². The van der Waals surface area contributed by atoms with Crippen LogP contribution in [0.3, 0.4) is 0 Å². The number of hydrogen-bond donors (Lipinski definition) is 2. The highest BCUT2D eigenvalue weighted by atomic mass is 16.6. The minimum atomic E-state index is -1.12. The molecule has 19 heavy (non-hydrogen) atoms. The topological polar surface area (TPSA) is 124 Å². The maximum atomic E-state index is 11.4. The summed E-state index contributed by atoms with van der Waals surface area (Å²) in [5, 5.41) is 14.6. The Balaban J connectivity index is 4.15. The molecular formula is C11H20N4O4. The van der Waals surface area contributed by atoms with Crippen LogP contribution >= 0.6 is 0 Å². The zero-order valence-corrected chi connectivity index (χ0v) is 11.4. The number of carboxylic acids is 1. The van der Waals surface area contributed by atoms with E-state index >= 15 is 0 Å². The van der Waals surface area contributed by atoms with E-state index in [1.807, 2.05) is 0 Å². The summed E-state index contributed by atoms with van der Waals surface area (Å²) in [5.74, 6) is -1.12. The van der Waals surface area contributed by atoms with E-state index in [0.29, 0.717) is 19.4 Å². The number of amides is 1. The average Bonchev–Trinajstić information content (AvgIpc) is 2.24. The Morgan fingerprint density at radius 2 is 2.05 bits per heavy atom. The van der Waals surface area contributed by atoms with E-state index in [4.69, 9.17) is 15.4 Å². The molecule has 0 heterocycles. The molecule has 1 atom stereocenters. The zero-order valence-electron chi connectivity index (χ0n) is 11.4. The monoisotopic (exact) mass is 272 g/mol. The maximum absolute atomic E-state index is 11.4. The molecule has 0 bridgehead atoms. The van der Waals surface area contributed by atoms with Gasteiger partial charge in [-0.3, -0.25) is 0 Å². The summed E-state index contributed by atoms with van der Waals surface area (Å²) in [7, 11) is 0. The van der Waals surface area contributed by atoms with Crippen LogP contribution in [0.5, 0.6) is 0 Å². The van der Waals surface area contributed by atoms with Gasteiger partial charge in [0.15, 0.2) is 0 Å². The number of hydrogen-bond acceptors (Lipinski definition) is 4. The number of azide groups is 1. The Kier molecular flexibility index (Phi) is 7.36. The number of unbranched alkanes of at least 4 members (excludes halogenated alkanes) is 1. The molecule has 0 aromatic heterocycles. The van der Waals surface area contributed by atoms with E-state index < -0.39 is 23.7 Å². The molecule has 1 amide bonds. The number of nitrogens with zero attached hydrogens (tertiary/aromatic N) is 3. The van der Waals surface area contributed by atoms with Gasteiger partial charge in [0.2, 0.25) is 0 Å². The minimum Gasteiger partial charge on any atom is -0.480 e. The third-order valence-corrected chi connectivity index (χ3v) is 2.05. The van der Waals surface area contributed by atoms with E-state index in [2.05, 4.69) is 15.3 Å². The summed E-state index contributed by atoms with van der Waals surface area (Å²) >= 11 is 0. The Morgan fingerprint density at radius 1 is 1.42 bits per heavy atom. The number of carboxylic acid groups (broad SMARTS) is 1. The number of ether oxygens (including phenoxy) is 1. The highest BCUT2D eigenvalue weighted by Crippen LogP contribution is 2.08. The van der Waals surface area contributed by atoms with Gasteiger partial charge in [0.1, 0.15) is 11.6 Å². The molecule has 0 aromatic rings. The number of aliphatic carboxylic acids is 1. The molecule has 0 aliphatic carbocycles. The lowest BCUT2D eigenvalue weighted by Crippen LogP contribution is -2.43. The lowest BCUT2D eigenvalue weighted by molar-refractivity contribution is -0.139. The van der Waals surface area contributed by atoms with Crippen LogP contribution in [0.25, 0.3) is 10.4 Å². The van der Waals surface area contributed by atoms with Crippen LogP contribution < -0.4 is 5.32 Å². The molecule has 0 aliphatic heterocycles. The fourth-order valence-corrected chi connectivity index (χ4v) is 1.28. The number of nitrogens with one attached hydrogen (secondary N) is 1. The lowest BCUT2D eigenvalue weighted by atomic mass is 10.1. The van der Waals surface area contributed by atoms with E-state index in [1.54, 1.807) is 20.8 Å². The molecular weight excluding hydrogens is 252 g/mol. The molecule has 8 nitrogen and oxygen atoms in total. The van der Waals surface area contributed by atoms with Crippen LogP contribution in [-0.4, -0.2) is 35.4 Å². The Labute approximate surface area is 111 Å². The minimum absolute atomic E-state index is 0.259. The summed E-state index contributed by atoms with van der Waals surface area (Å²) in [4.78, 5) is 25.0. The van der Waals surface area contributed by atoms with Gasteiger partial charge in [-0.05, 0) is 39.1 Å². The summed E-state index contributed by atoms with van der Waals surface area (Å²) < 4.78 is 4.98. The van der Waals surface area contributed by atoms with Gasteiger partial charge < -0.3 is 15.2 Å². The van der Waals surface area contributed by atoms with E-state index in [1.165, 1.54) is 0 Å². The van der Waals surface area contributed by atoms with Gasteiger partial charge in [-0.2, -0.15) is 0 Å². The van der Waals surface area contributed by atoms with E-state index in [0.717, 1.165) is 0 Å². The maximum Gasteiger partial charge on any atom is 0.408 e. The Bertz CT molecular complexity index is 358. The van der Waals surface area contributed by atoms with Gasteiger partial charge in [0.05, 0.1) is 0 Å². The predicted molar refractivity (Wildman–Crippen MR) is 68.7 cm³/mol. The van der Waals surface area contributed by atoms with Crippen LogP contribution in [0, 0.1) is 0 Å². The zero-order chi connectivity index (χ0) is 14.9. The SMILES string of the molecule is CC(C)(C)OC(=O)N[C@H](CCCCN=[N+]=[N-])C(=O)O. The average molecular weight is 272 g/mol. The van der Waals surface area contributed by atoms with Crippen molar-refractivity contribution in [2.75, 3.05) is 6.54 Å². The molecule has 8 heteroatoms. The second kappa shape index (κ2) is 8.20. The summed E-state index contributed by atoms with van der Waals surface area (Å²) in [5.41, 5.74) is 7.41. The van der Waals surface area contributed by atoms with Gasteiger partial charge in [0.25, 0.3) is 0 Å². The first kappa shape index (κ1) is 17.1. The van der Waals surface area contributed by atoms with Gasteiger partial charge in [-0.25, -0.2) is 9.59 Å². The number of carbonyl (C=O) groups is 2. The quantitative estimate of drug-likeness (QED) is 0.319. The number of alkyl carbamates (subject to hydrolysis) is 1. The second-order valence-electron chi connectivity index (χ2n) is 4.99. The summed E-state index contributed by atoms with van der Waals surface area (Å²) in [6.45, 7) is 5.40. The first-order valence-electron chi connectivity index (χ1n) is 5.99. The molecule has 108 valence electrons. The second-order valence-corrected chi connectivity index (χ2v) is 4.99. The molecule has 2 N–H and O–H groups in total. The Morgan fingerprint density at radius 3 is 2.53 bits per heavy atom. The van der Waals surface area contributed by atoms with Crippen molar-refractivity contribution in [2.24, 2.45) is 5.11 Å². The highest BCUT2D eigenvalue weighted by Gasteiger charge is 2.23. The fourth-order valence-electron chi connectivity index (χ4n) is 1.28. The van der Waals surface area contributed by atoms with Crippen molar-refractivity contribution in [3.8, 4) is 0 Å². The molecule has 0 saturated carbocycles. The van der Waals surface area contributed by atoms with Crippen LogP contribution in [0.1, 0.15) is 40.0 Å². The molecule has 0 radical (unpaired) electrons. The van der Waals surface area contributed by atoms with Crippen molar-refractivity contribution >= 4 is 12.1 Å². The molecule has 0 rings (SSSR count). The van der Waals surface area contributed by atoms with Gasteiger partial charge in [0, 0.05) is 11.5 Å². The van der Waals surface area contributed by atoms with E-state index in [-0.39, 0.29) is 6.42 Å². The first-order valence-corrected chi connectivity index (χ1v) is 5.99. The van der Waals surface area contributed by atoms with E-state index in [9.17, 15) is 9.59 Å². The smallest absolute Gasteiger partial charge is 0.408 e. The molecule has 0 spiro atoms. The molecule has 0 aromatic carbocycles. The normalized spacial score (nSPS) is 12.2. The van der Waals surface area contributed by atoms with Crippen molar-refractivity contribution in [2.45, 2.75) is 51.7 Å². The summed E-state index contributed by atoms with van der Waals surface area (Å²) in [6.07, 6.45) is 0.612. The third-order valence-electron chi connectivity index (χ3n) is 2.05. The van der Waals surface area contributed by atoms with Gasteiger partial charge in [-0.1, -0.05) is 11.5 Å².